The molecule has 0 saturated carbocycles. The number of carbonyl (C=O) groups excluding carboxylic acids is 1. The minimum atomic E-state index is -3.23. The average molecular weight is 406 g/mol. The molecule has 3 rings (SSSR count). The number of anilines is 2. The van der Waals surface area contributed by atoms with Crippen molar-refractivity contribution in [3.63, 3.8) is 0 Å². The lowest BCUT2D eigenvalue weighted by molar-refractivity contribution is -0.115. The molecule has 1 aromatic heterocycles. The largest absolute Gasteiger partial charge is 0.388 e. The quantitative estimate of drug-likeness (QED) is 0.494. The maximum atomic E-state index is 12.4. The summed E-state index contributed by atoms with van der Waals surface area (Å²) in [6.45, 7) is 0. The van der Waals surface area contributed by atoms with Crippen molar-refractivity contribution in [3.05, 3.63) is 76.7 Å². The molecule has 0 aliphatic heterocycles. The van der Waals surface area contributed by atoms with Crippen LogP contribution in [0.5, 0.6) is 0 Å². The number of aliphatic hydroxyl groups excluding tert-OH is 1. The van der Waals surface area contributed by atoms with E-state index in [1.165, 1.54) is 17.5 Å². The van der Waals surface area contributed by atoms with Crippen molar-refractivity contribution in [2.24, 2.45) is 0 Å². The van der Waals surface area contributed by atoms with Crippen molar-refractivity contribution in [2.75, 3.05) is 11.1 Å². The van der Waals surface area contributed by atoms with E-state index >= 15 is 0 Å². The van der Waals surface area contributed by atoms with Crippen LogP contribution in [-0.4, -0.2) is 16.0 Å². The van der Waals surface area contributed by atoms with Crippen molar-refractivity contribution in [1.82, 2.24) is 4.98 Å². The van der Waals surface area contributed by atoms with Crippen molar-refractivity contribution in [2.45, 2.75) is 38.1 Å². The van der Waals surface area contributed by atoms with Crippen LogP contribution in [0, 0.1) is 0 Å². The Bertz CT molecular complexity index is 1310. The molecule has 5 nitrogen and oxygen atoms in total. The molecule has 1 amide bonds. The van der Waals surface area contributed by atoms with E-state index in [1.807, 2.05) is 0 Å². The summed E-state index contributed by atoms with van der Waals surface area (Å²) in [5, 5.41) is 14.6. The standard InChI is InChI=1S/C22H25N3O2S/c23-22-25-19(15-28-22)14-21(27)24-18-12-10-16(11-13-18)6-4-5-9-20(26)17-7-2-1-3-8-17/h1-3,7-8,10-13,15,20,26H,4-6,9,14H2,(H2,23,25)(H,24,27)/t20-/m0/s1/i4D2,6D2,9D2,10D,11D,12D,13D. The van der Waals surface area contributed by atoms with E-state index in [0.717, 1.165) is 11.3 Å². The molecule has 28 heavy (non-hydrogen) atoms. The fourth-order valence-electron chi connectivity index (χ4n) is 2.22. The van der Waals surface area contributed by atoms with E-state index in [1.54, 1.807) is 18.2 Å². The van der Waals surface area contributed by atoms with Crippen molar-refractivity contribution in [3.8, 4) is 0 Å². The highest BCUT2D eigenvalue weighted by Crippen LogP contribution is 2.20. The lowest BCUT2D eigenvalue weighted by Gasteiger charge is -2.10. The van der Waals surface area contributed by atoms with Crippen LogP contribution in [0.3, 0.4) is 0 Å². The molecular weight excluding hydrogens is 370 g/mol. The third kappa shape index (κ3) is 6.18. The number of thiazole rings is 1. The Morgan fingerprint density at radius 2 is 2.04 bits per heavy atom. The van der Waals surface area contributed by atoms with Crippen LogP contribution in [0.15, 0.2) is 59.9 Å². The van der Waals surface area contributed by atoms with Gasteiger partial charge < -0.3 is 16.2 Å². The van der Waals surface area contributed by atoms with Crippen LogP contribution in [0.1, 0.15) is 55.8 Å². The number of nitrogen functional groups attached to an aromatic ring is 1. The fraction of sp³-hybridized carbons (Fsp3) is 0.273. The predicted octanol–water partition coefficient (Wildman–Crippen LogP) is 4.35. The second-order valence-electron chi connectivity index (χ2n) is 5.65. The first kappa shape index (κ1) is 10.7. The summed E-state index contributed by atoms with van der Waals surface area (Å²) in [6, 6.07) is 4.15. The number of benzene rings is 2. The SMILES string of the molecule is [2H]c1c([2H])c(C([2H])([2H])C([2H])([2H])CC([2H])([2H])[C@H](O)c2ccccc2)c([2H])c([2H])c1NC(=O)Cc1csc(N)n1. The molecule has 0 aliphatic carbocycles. The molecule has 2 aromatic carbocycles. The molecule has 0 spiro atoms. The summed E-state index contributed by atoms with van der Waals surface area (Å²) in [5.74, 6) is -0.717. The number of nitrogens with zero attached hydrogens (tertiary/aromatic N) is 1. The van der Waals surface area contributed by atoms with Crippen LogP contribution in [-0.2, 0) is 17.6 Å². The Hall–Kier alpha value is -2.70. The summed E-state index contributed by atoms with van der Waals surface area (Å²) in [4.78, 5) is 16.4. The van der Waals surface area contributed by atoms with Gasteiger partial charge in [0.1, 0.15) is 0 Å². The van der Waals surface area contributed by atoms with Gasteiger partial charge in [0.15, 0.2) is 5.13 Å². The lowest BCUT2D eigenvalue weighted by Crippen LogP contribution is -2.14. The van der Waals surface area contributed by atoms with E-state index in [0.29, 0.717) is 5.69 Å². The van der Waals surface area contributed by atoms with Crippen LogP contribution < -0.4 is 11.1 Å². The van der Waals surface area contributed by atoms with Gasteiger partial charge in [0.05, 0.1) is 23.7 Å². The summed E-state index contributed by atoms with van der Waals surface area (Å²) in [5.41, 5.74) is 4.55. The van der Waals surface area contributed by atoms with Crippen LogP contribution in [0.4, 0.5) is 10.8 Å². The van der Waals surface area contributed by atoms with Crippen molar-refractivity contribution >= 4 is 28.1 Å². The smallest absolute Gasteiger partial charge is 0.230 e. The molecule has 3 aromatic rings. The zero-order valence-corrected chi connectivity index (χ0v) is 15.6. The summed E-state index contributed by atoms with van der Waals surface area (Å²) < 4.78 is 83.3. The van der Waals surface area contributed by atoms with Gasteiger partial charge in [-0.15, -0.1) is 11.3 Å². The first-order chi connectivity index (χ1) is 17.5. The molecule has 0 aliphatic rings. The van der Waals surface area contributed by atoms with Crippen LogP contribution in [0.25, 0.3) is 0 Å². The Kier molecular flexibility index (Phi) is 3.84. The number of nitrogens with two attached hydrogens (primary N) is 1. The molecule has 6 heteroatoms. The number of aromatic nitrogens is 1. The van der Waals surface area contributed by atoms with E-state index in [2.05, 4.69) is 10.3 Å². The predicted molar refractivity (Wildman–Crippen MR) is 114 cm³/mol. The van der Waals surface area contributed by atoms with E-state index in [9.17, 15) is 9.90 Å². The molecule has 146 valence electrons. The minimum absolute atomic E-state index is 0.151. The van der Waals surface area contributed by atoms with Gasteiger partial charge in [-0.25, -0.2) is 4.98 Å². The molecule has 1 heterocycles. The van der Waals surface area contributed by atoms with Gasteiger partial charge in [0.2, 0.25) is 5.91 Å². The number of rotatable bonds is 9. The molecule has 4 N–H and O–H groups in total. The van der Waals surface area contributed by atoms with Gasteiger partial charge >= 0.3 is 0 Å². The number of carbonyl (C=O) groups is 1. The molecule has 1 atom stereocenters. The number of hydrogen-bond acceptors (Lipinski definition) is 5. The second kappa shape index (κ2) is 10.0. The Labute approximate surface area is 183 Å². The summed E-state index contributed by atoms with van der Waals surface area (Å²) >= 11 is 1.11. The van der Waals surface area contributed by atoms with Gasteiger partial charge in [-0.1, -0.05) is 48.8 Å². The molecule has 0 unspecified atom stereocenters. The number of aliphatic hydroxyl groups is 1. The van der Waals surface area contributed by atoms with Crippen LogP contribution in [0.2, 0.25) is 0 Å². The Balaban J connectivity index is 1.94. The van der Waals surface area contributed by atoms with Gasteiger partial charge in [0, 0.05) is 19.3 Å². The van der Waals surface area contributed by atoms with Crippen molar-refractivity contribution < 1.29 is 23.6 Å². The average Bonchev–Trinajstić information content (AvgIpc) is 3.24. The third-order valence-electron chi connectivity index (χ3n) is 3.51. The fourth-order valence-corrected chi connectivity index (χ4v) is 2.79. The van der Waals surface area contributed by atoms with Gasteiger partial charge in [0.25, 0.3) is 0 Å². The van der Waals surface area contributed by atoms with E-state index in [-0.39, 0.29) is 17.1 Å². The summed E-state index contributed by atoms with van der Waals surface area (Å²) in [7, 11) is 0. The van der Waals surface area contributed by atoms with Gasteiger partial charge in [-0.05, 0) is 42.3 Å². The topological polar surface area (TPSA) is 88.2 Å². The maximum Gasteiger partial charge on any atom is 0.230 e. The molecule has 0 saturated heterocycles. The number of amides is 1. The van der Waals surface area contributed by atoms with E-state index in [4.69, 9.17) is 19.4 Å². The maximum absolute atomic E-state index is 12.4. The highest BCUT2D eigenvalue weighted by molar-refractivity contribution is 7.13. The third-order valence-corrected chi connectivity index (χ3v) is 4.24. The molecule has 0 radical (unpaired) electrons. The first-order valence-corrected chi connectivity index (χ1v) is 9.21. The van der Waals surface area contributed by atoms with E-state index < -0.39 is 73.0 Å². The Morgan fingerprint density at radius 3 is 2.71 bits per heavy atom. The second-order valence-corrected chi connectivity index (χ2v) is 6.54. The number of nitrogens with one attached hydrogen (secondary N) is 1. The minimum Gasteiger partial charge on any atom is -0.388 e. The number of hydrogen-bond donors (Lipinski definition) is 3. The lowest BCUT2D eigenvalue weighted by atomic mass is 10.0. The molecule has 0 fully saturated rings. The Morgan fingerprint density at radius 1 is 1.29 bits per heavy atom. The zero-order chi connectivity index (χ0) is 28.6. The van der Waals surface area contributed by atoms with Gasteiger partial charge in [-0.2, -0.15) is 0 Å². The first-order valence-electron chi connectivity index (χ1n) is 13.3. The molecule has 0 bridgehead atoms. The van der Waals surface area contributed by atoms with Crippen molar-refractivity contribution in [1.29, 1.82) is 0 Å². The monoisotopic (exact) mass is 405 g/mol. The van der Waals surface area contributed by atoms with Crippen LogP contribution >= 0.6 is 11.3 Å². The highest BCUT2D eigenvalue weighted by atomic mass is 32.1. The zero-order valence-electron chi connectivity index (χ0n) is 24.7. The van der Waals surface area contributed by atoms with Gasteiger partial charge in [-0.3, -0.25) is 4.79 Å². The highest BCUT2D eigenvalue weighted by Gasteiger charge is 2.08. The summed E-state index contributed by atoms with van der Waals surface area (Å²) in [6.07, 6.45) is -12.2. The normalized spacial score (nSPS) is 18.6. The molecular formula is C22H25N3O2S.